The summed E-state index contributed by atoms with van der Waals surface area (Å²) in [6.07, 6.45) is 3.91. The molecule has 3 nitrogen and oxygen atoms in total. The Labute approximate surface area is 116 Å². The van der Waals surface area contributed by atoms with Crippen LogP contribution in [0.3, 0.4) is 0 Å². The van der Waals surface area contributed by atoms with Crippen LogP contribution in [-0.2, 0) is 0 Å². The molecule has 0 saturated carbocycles. The molecule has 2 rings (SSSR count). The number of rotatable bonds is 5. The van der Waals surface area contributed by atoms with Crippen LogP contribution in [0.2, 0.25) is 0 Å². The third-order valence-electron chi connectivity index (χ3n) is 3.84. The lowest BCUT2D eigenvalue weighted by Gasteiger charge is -2.24. The molecule has 1 aliphatic heterocycles. The molecule has 1 aromatic carbocycles. The van der Waals surface area contributed by atoms with Gasteiger partial charge in [-0.05, 0) is 43.0 Å². The minimum absolute atomic E-state index is 0.541. The highest BCUT2D eigenvalue weighted by molar-refractivity contribution is 5.58. The van der Waals surface area contributed by atoms with Gasteiger partial charge >= 0.3 is 0 Å². The number of benzene rings is 1. The largest absolute Gasteiger partial charge is 0.495 e. The molecule has 1 aromatic rings. The molecular weight excluding hydrogens is 236 g/mol. The highest BCUT2D eigenvalue weighted by atomic mass is 16.5. The molecule has 0 aromatic heterocycles. The van der Waals surface area contributed by atoms with E-state index in [-0.39, 0.29) is 0 Å². The van der Waals surface area contributed by atoms with Gasteiger partial charge in [0.05, 0.1) is 12.8 Å². The number of hydrogen-bond donors (Lipinski definition) is 2. The van der Waals surface area contributed by atoms with Crippen molar-refractivity contribution in [1.29, 1.82) is 0 Å². The normalized spacial score (nSPS) is 19.5. The van der Waals surface area contributed by atoms with Gasteiger partial charge in [0.1, 0.15) is 5.75 Å². The second-order valence-electron chi connectivity index (χ2n) is 5.64. The van der Waals surface area contributed by atoms with Crippen LogP contribution in [0.15, 0.2) is 18.2 Å². The number of ether oxygens (including phenoxy) is 1. The van der Waals surface area contributed by atoms with Crippen LogP contribution in [0, 0.1) is 0 Å². The third-order valence-corrected chi connectivity index (χ3v) is 3.84. The standard InChI is InChI=1S/C16H26N2O/c1-12(2)13-7-8-16(19-3)15(10-13)18-11-14-6-4-5-9-17-14/h7-8,10,12,14,17-18H,4-6,9,11H2,1-3H3. The van der Waals surface area contributed by atoms with Gasteiger partial charge in [-0.3, -0.25) is 0 Å². The fourth-order valence-electron chi connectivity index (χ4n) is 2.55. The Bertz CT molecular complexity index is 398. The van der Waals surface area contributed by atoms with Crippen molar-refractivity contribution in [1.82, 2.24) is 5.32 Å². The first kappa shape index (κ1) is 14.2. The van der Waals surface area contributed by atoms with Gasteiger partial charge in [-0.25, -0.2) is 0 Å². The fraction of sp³-hybridized carbons (Fsp3) is 0.625. The van der Waals surface area contributed by atoms with Gasteiger partial charge < -0.3 is 15.4 Å². The minimum Gasteiger partial charge on any atom is -0.495 e. The first-order chi connectivity index (χ1) is 9.20. The first-order valence-corrected chi connectivity index (χ1v) is 7.36. The van der Waals surface area contributed by atoms with Crippen molar-refractivity contribution in [2.45, 2.75) is 45.1 Å². The van der Waals surface area contributed by atoms with E-state index < -0.39 is 0 Å². The Balaban J connectivity index is 2.02. The van der Waals surface area contributed by atoms with Gasteiger partial charge in [0, 0.05) is 12.6 Å². The van der Waals surface area contributed by atoms with E-state index in [1.54, 1.807) is 7.11 Å². The Morgan fingerprint density at radius 3 is 2.84 bits per heavy atom. The average Bonchev–Trinajstić information content (AvgIpc) is 2.45. The van der Waals surface area contributed by atoms with E-state index in [9.17, 15) is 0 Å². The molecule has 0 amide bonds. The average molecular weight is 262 g/mol. The smallest absolute Gasteiger partial charge is 0.141 e. The summed E-state index contributed by atoms with van der Waals surface area (Å²) < 4.78 is 5.44. The monoisotopic (exact) mass is 262 g/mol. The summed E-state index contributed by atoms with van der Waals surface area (Å²) >= 11 is 0. The van der Waals surface area contributed by atoms with E-state index >= 15 is 0 Å². The number of piperidine rings is 1. The van der Waals surface area contributed by atoms with E-state index in [0.29, 0.717) is 12.0 Å². The number of hydrogen-bond acceptors (Lipinski definition) is 3. The molecule has 2 N–H and O–H groups in total. The Morgan fingerprint density at radius 2 is 2.21 bits per heavy atom. The third kappa shape index (κ3) is 3.87. The molecule has 1 heterocycles. The van der Waals surface area contributed by atoms with E-state index in [1.807, 2.05) is 0 Å². The van der Waals surface area contributed by atoms with Crippen LogP contribution in [0.25, 0.3) is 0 Å². The quantitative estimate of drug-likeness (QED) is 0.853. The summed E-state index contributed by atoms with van der Waals surface area (Å²) in [4.78, 5) is 0. The van der Waals surface area contributed by atoms with Crippen molar-refractivity contribution in [3.05, 3.63) is 23.8 Å². The van der Waals surface area contributed by atoms with E-state index in [2.05, 4.69) is 42.7 Å². The molecule has 1 aliphatic rings. The van der Waals surface area contributed by atoms with Crippen molar-refractivity contribution in [2.75, 3.05) is 25.5 Å². The highest BCUT2D eigenvalue weighted by Gasteiger charge is 2.13. The van der Waals surface area contributed by atoms with Crippen LogP contribution < -0.4 is 15.4 Å². The molecule has 0 spiro atoms. The SMILES string of the molecule is COc1ccc(C(C)C)cc1NCC1CCCCN1. The van der Waals surface area contributed by atoms with E-state index in [0.717, 1.165) is 24.5 Å². The molecule has 0 bridgehead atoms. The summed E-state index contributed by atoms with van der Waals surface area (Å²) in [5.41, 5.74) is 2.46. The van der Waals surface area contributed by atoms with Crippen molar-refractivity contribution in [3.63, 3.8) is 0 Å². The summed E-state index contributed by atoms with van der Waals surface area (Å²) in [5, 5.41) is 7.10. The zero-order chi connectivity index (χ0) is 13.7. The van der Waals surface area contributed by atoms with E-state index in [4.69, 9.17) is 4.74 Å². The maximum absolute atomic E-state index is 5.44. The number of anilines is 1. The molecule has 19 heavy (non-hydrogen) atoms. The van der Waals surface area contributed by atoms with Gasteiger partial charge in [-0.15, -0.1) is 0 Å². The second kappa shape index (κ2) is 6.80. The Hall–Kier alpha value is -1.22. The van der Waals surface area contributed by atoms with Crippen molar-refractivity contribution in [2.24, 2.45) is 0 Å². The van der Waals surface area contributed by atoms with Crippen LogP contribution >= 0.6 is 0 Å². The van der Waals surface area contributed by atoms with Gasteiger partial charge in [-0.2, -0.15) is 0 Å². The van der Waals surface area contributed by atoms with Crippen LogP contribution in [0.1, 0.15) is 44.6 Å². The summed E-state index contributed by atoms with van der Waals surface area (Å²) in [7, 11) is 1.73. The molecule has 1 fully saturated rings. The summed E-state index contributed by atoms with van der Waals surface area (Å²) in [6, 6.07) is 7.01. The van der Waals surface area contributed by atoms with Gasteiger partial charge in [0.2, 0.25) is 0 Å². The van der Waals surface area contributed by atoms with Crippen LogP contribution in [0.5, 0.6) is 5.75 Å². The Kier molecular flexibility index (Phi) is 5.08. The molecule has 1 atom stereocenters. The minimum atomic E-state index is 0.541. The summed E-state index contributed by atoms with van der Waals surface area (Å²) in [5.74, 6) is 1.47. The molecule has 106 valence electrons. The highest BCUT2D eigenvalue weighted by Crippen LogP contribution is 2.28. The lowest BCUT2D eigenvalue weighted by atomic mass is 10.0. The predicted octanol–water partition coefficient (Wildman–Crippen LogP) is 3.37. The molecule has 1 unspecified atom stereocenters. The molecule has 0 radical (unpaired) electrons. The van der Waals surface area contributed by atoms with Gasteiger partial charge in [0.15, 0.2) is 0 Å². The van der Waals surface area contributed by atoms with Gasteiger partial charge in [-0.1, -0.05) is 26.3 Å². The molecule has 1 saturated heterocycles. The van der Waals surface area contributed by atoms with Crippen molar-refractivity contribution < 1.29 is 4.74 Å². The maximum Gasteiger partial charge on any atom is 0.141 e. The zero-order valence-corrected chi connectivity index (χ0v) is 12.3. The zero-order valence-electron chi connectivity index (χ0n) is 12.3. The summed E-state index contributed by atoms with van der Waals surface area (Å²) in [6.45, 7) is 6.55. The Morgan fingerprint density at radius 1 is 1.37 bits per heavy atom. The fourth-order valence-corrected chi connectivity index (χ4v) is 2.55. The van der Waals surface area contributed by atoms with Gasteiger partial charge in [0.25, 0.3) is 0 Å². The topological polar surface area (TPSA) is 33.3 Å². The molecule has 3 heteroatoms. The lowest BCUT2D eigenvalue weighted by molar-refractivity contribution is 0.407. The molecular formula is C16H26N2O. The number of methoxy groups -OCH3 is 1. The van der Waals surface area contributed by atoms with Crippen LogP contribution in [-0.4, -0.2) is 26.2 Å². The number of nitrogens with one attached hydrogen (secondary N) is 2. The van der Waals surface area contributed by atoms with Crippen LogP contribution in [0.4, 0.5) is 5.69 Å². The van der Waals surface area contributed by atoms with E-state index in [1.165, 1.54) is 24.8 Å². The van der Waals surface area contributed by atoms with Crippen molar-refractivity contribution in [3.8, 4) is 5.75 Å². The first-order valence-electron chi connectivity index (χ1n) is 7.36. The molecule has 0 aliphatic carbocycles. The second-order valence-corrected chi connectivity index (χ2v) is 5.64. The predicted molar refractivity (Wildman–Crippen MR) is 81.2 cm³/mol. The maximum atomic E-state index is 5.44. The lowest BCUT2D eigenvalue weighted by Crippen LogP contribution is -2.39. The van der Waals surface area contributed by atoms with Crippen molar-refractivity contribution >= 4 is 5.69 Å².